The Bertz CT molecular complexity index is 916. The molecule has 3 rings (SSSR count). The molecular formula is C14H14N4O5S. The van der Waals surface area contributed by atoms with E-state index < -0.39 is 18.0 Å². The molecule has 9 nitrogen and oxygen atoms in total. The average molecular weight is 350 g/mol. The molecule has 1 unspecified atom stereocenters. The Morgan fingerprint density at radius 3 is 2.92 bits per heavy atom. The fraction of sp³-hybridized carbons (Fsp3) is 0.357. The predicted molar refractivity (Wildman–Crippen MR) is 84.9 cm³/mol. The Kier molecular flexibility index (Phi) is 4.06. The zero-order chi connectivity index (χ0) is 17.4. The van der Waals surface area contributed by atoms with E-state index in [-0.39, 0.29) is 30.9 Å². The number of hydrogen-bond donors (Lipinski definition) is 3. The molecule has 2 aromatic rings. The van der Waals surface area contributed by atoms with Gasteiger partial charge in [0.1, 0.15) is 11.9 Å². The van der Waals surface area contributed by atoms with Crippen molar-refractivity contribution in [2.24, 2.45) is 0 Å². The number of nitrogens with one attached hydrogen (secondary N) is 2. The van der Waals surface area contributed by atoms with Gasteiger partial charge in [-0.1, -0.05) is 0 Å². The van der Waals surface area contributed by atoms with E-state index in [1.165, 1.54) is 15.9 Å². The summed E-state index contributed by atoms with van der Waals surface area (Å²) >= 11 is 1.23. The number of rotatable bonds is 3. The highest BCUT2D eigenvalue weighted by Gasteiger charge is 2.30. The smallest absolute Gasteiger partial charge is 0.404 e. The van der Waals surface area contributed by atoms with Gasteiger partial charge in [-0.2, -0.15) is 0 Å². The van der Waals surface area contributed by atoms with Gasteiger partial charge < -0.3 is 10.4 Å². The number of carbonyl (C=O) groups excluding carboxylic acids is 2. The number of piperidine rings is 1. The summed E-state index contributed by atoms with van der Waals surface area (Å²) in [6, 6.07) is -0.771. The molecule has 3 N–H and O–H groups in total. The zero-order valence-corrected chi connectivity index (χ0v) is 13.5. The molecule has 1 aliphatic heterocycles. The molecule has 0 radical (unpaired) electrons. The molecule has 24 heavy (non-hydrogen) atoms. The summed E-state index contributed by atoms with van der Waals surface area (Å²) in [5, 5.41) is 15.1. The fourth-order valence-electron chi connectivity index (χ4n) is 2.74. The Morgan fingerprint density at radius 2 is 2.25 bits per heavy atom. The van der Waals surface area contributed by atoms with Crippen LogP contribution in [0.15, 0.2) is 10.2 Å². The second-order valence-electron chi connectivity index (χ2n) is 5.38. The van der Waals surface area contributed by atoms with Crippen LogP contribution in [0.5, 0.6) is 0 Å². The minimum Gasteiger partial charge on any atom is -0.465 e. The standard InChI is InChI=1S/C14H14N4O5S/c1-6-16-11-7(5-24-9(11)4-15-14(22)23)13(21)18(6)8-2-3-10(19)17-12(8)20/h5,8,15H,2-4H2,1H3,(H,22,23)(H,17,19,20). The van der Waals surface area contributed by atoms with Crippen molar-refractivity contribution < 1.29 is 19.5 Å². The van der Waals surface area contributed by atoms with E-state index in [9.17, 15) is 19.2 Å². The van der Waals surface area contributed by atoms with Crippen molar-refractivity contribution in [2.75, 3.05) is 0 Å². The maximum Gasteiger partial charge on any atom is 0.404 e. The van der Waals surface area contributed by atoms with Gasteiger partial charge >= 0.3 is 6.09 Å². The monoisotopic (exact) mass is 350 g/mol. The van der Waals surface area contributed by atoms with Gasteiger partial charge in [-0.15, -0.1) is 11.3 Å². The summed E-state index contributed by atoms with van der Waals surface area (Å²) in [6.07, 6.45) is -0.751. The van der Waals surface area contributed by atoms with E-state index in [4.69, 9.17) is 5.11 Å². The highest BCUT2D eigenvalue weighted by molar-refractivity contribution is 7.11. The zero-order valence-electron chi connectivity index (χ0n) is 12.7. The number of aryl methyl sites for hydroxylation is 1. The van der Waals surface area contributed by atoms with Gasteiger partial charge in [-0.05, 0) is 13.3 Å². The van der Waals surface area contributed by atoms with Crippen molar-refractivity contribution in [1.29, 1.82) is 0 Å². The summed E-state index contributed by atoms with van der Waals surface area (Å²) in [7, 11) is 0. The first-order chi connectivity index (χ1) is 11.4. The van der Waals surface area contributed by atoms with Gasteiger partial charge in [0, 0.05) is 11.8 Å². The highest BCUT2D eigenvalue weighted by atomic mass is 32.1. The van der Waals surface area contributed by atoms with Crippen LogP contribution in [0.1, 0.15) is 29.6 Å². The second kappa shape index (κ2) is 6.04. The van der Waals surface area contributed by atoms with Crippen molar-refractivity contribution in [1.82, 2.24) is 20.2 Å². The lowest BCUT2D eigenvalue weighted by atomic mass is 10.1. The third-order valence-corrected chi connectivity index (χ3v) is 4.81. The van der Waals surface area contributed by atoms with E-state index in [0.29, 0.717) is 21.6 Å². The van der Waals surface area contributed by atoms with Crippen molar-refractivity contribution in [3.05, 3.63) is 26.4 Å². The summed E-state index contributed by atoms with van der Waals surface area (Å²) < 4.78 is 1.30. The van der Waals surface area contributed by atoms with E-state index in [0.717, 1.165) is 0 Å². The Labute approximate surface area is 139 Å². The molecule has 3 amide bonds. The molecule has 126 valence electrons. The van der Waals surface area contributed by atoms with E-state index in [2.05, 4.69) is 15.6 Å². The van der Waals surface area contributed by atoms with Crippen molar-refractivity contribution in [3.8, 4) is 0 Å². The van der Waals surface area contributed by atoms with Gasteiger partial charge in [0.05, 0.1) is 22.3 Å². The first-order valence-electron chi connectivity index (χ1n) is 7.18. The Morgan fingerprint density at radius 1 is 1.50 bits per heavy atom. The number of amides is 3. The van der Waals surface area contributed by atoms with Gasteiger partial charge in [-0.3, -0.25) is 24.3 Å². The lowest BCUT2D eigenvalue weighted by Crippen LogP contribution is -2.45. The lowest BCUT2D eigenvalue weighted by Gasteiger charge is -2.24. The molecule has 1 atom stereocenters. The third kappa shape index (κ3) is 2.75. The molecule has 0 bridgehead atoms. The normalized spacial score (nSPS) is 17.8. The number of aromatic nitrogens is 2. The molecule has 1 saturated heterocycles. The number of fused-ring (bicyclic) bond motifs is 1. The second-order valence-corrected chi connectivity index (χ2v) is 6.35. The number of imide groups is 1. The maximum atomic E-state index is 12.8. The molecule has 0 saturated carbocycles. The molecule has 2 aromatic heterocycles. The summed E-state index contributed by atoms with van der Waals surface area (Å²) in [4.78, 5) is 51.7. The summed E-state index contributed by atoms with van der Waals surface area (Å²) in [5.74, 6) is -0.522. The first-order valence-corrected chi connectivity index (χ1v) is 8.06. The van der Waals surface area contributed by atoms with Crippen LogP contribution in [0.3, 0.4) is 0 Å². The van der Waals surface area contributed by atoms with Crippen LogP contribution in [0.25, 0.3) is 10.9 Å². The van der Waals surface area contributed by atoms with Crippen LogP contribution in [-0.4, -0.2) is 32.6 Å². The molecule has 3 heterocycles. The van der Waals surface area contributed by atoms with Crippen LogP contribution >= 0.6 is 11.3 Å². The molecule has 0 aliphatic carbocycles. The molecular weight excluding hydrogens is 336 g/mol. The summed E-state index contributed by atoms with van der Waals surface area (Å²) in [6.45, 7) is 1.66. The van der Waals surface area contributed by atoms with Gasteiger partial charge in [0.15, 0.2) is 0 Å². The van der Waals surface area contributed by atoms with Gasteiger partial charge in [0.2, 0.25) is 11.8 Å². The minimum atomic E-state index is -1.16. The predicted octanol–water partition coefficient (Wildman–Crippen LogP) is 0.512. The average Bonchev–Trinajstić information content (AvgIpc) is 2.90. The quantitative estimate of drug-likeness (QED) is 0.692. The van der Waals surface area contributed by atoms with Crippen LogP contribution in [-0.2, 0) is 16.1 Å². The number of thiophene rings is 1. The van der Waals surface area contributed by atoms with Gasteiger partial charge in [0.25, 0.3) is 5.56 Å². The number of carboxylic acid groups (broad SMARTS) is 1. The minimum absolute atomic E-state index is 0.0534. The van der Waals surface area contributed by atoms with E-state index in [1.54, 1.807) is 12.3 Å². The van der Waals surface area contributed by atoms with Crippen molar-refractivity contribution in [3.63, 3.8) is 0 Å². The summed E-state index contributed by atoms with van der Waals surface area (Å²) in [5.41, 5.74) is 0.0598. The number of nitrogens with zero attached hydrogens (tertiary/aromatic N) is 2. The maximum absolute atomic E-state index is 12.8. The molecule has 1 aliphatic rings. The molecule has 0 aromatic carbocycles. The Balaban J connectivity index is 2.05. The van der Waals surface area contributed by atoms with Crippen molar-refractivity contribution in [2.45, 2.75) is 32.4 Å². The van der Waals surface area contributed by atoms with Crippen LogP contribution in [0.4, 0.5) is 4.79 Å². The van der Waals surface area contributed by atoms with E-state index >= 15 is 0 Å². The van der Waals surface area contributed by atoms with Crippen molar-refractivity contribution >= 4 is 40.1 Å². The SMILES string of the molecule is Cc1nc2c(CNC(=O)O)scc2c(=O)n1C1CCC(=O)NC1=O. The van der Waals surface area contributed by atoms with Gasteiger partial charge in [-0.25, -0.2) is 9.78 Å². The van der Waals surface area contributed by atoms with E-state index in [1.807, 2.05) is 0 Å². The molecule has 10 heteroatoms. The topological polar surface area (TPSA) is 130 Å². The third-order valence-electron chi connectivity index (χ3n) is 3.83. The number of carbonyl (C=O) groups is 3. The largest absolute Gasteiger partial charge is 0.465 e. The molecule has 1 fully saturated rings. The van der Waals surface area contributed by atoms with Crippen LogP contribution < -0.4 is 16.2 Å². The number of hydrogen-bond acceptors (Lipinski definition) is 6. The van der Waals surface area contributed by atoms with Crippen LogP contribution in [0, 0.1) is 6.92 Å². The van der Waals surface area contributed by atoms with Crippen LogP contribution in [0.2, 0.25) is 0 Å². The first kappa shape index (κ1) is 16.1. The fourth-order valence-corrected chi connectivity index (χ4v) is 3.63. The highest BCUT2D eigenvalue weighted by Crippen LogP contribution is 2.24. The molecule has 0 spiro atoms. The lowest BCUT2D eigenvalue weighted by molar-refractivity contribution is -0.135. The Hall–Kier alpha value is -2.75.